The normalized spacial score (nSPS) is 12.0. The van der Waals surface area contributed by atoms with Crippen molar-refractivity contribution in [2.45, 2.75) is 26.2 Å². The second-order valence-electron chi connectivity index (χ2n) is 5.08. The molecule has 4 nitrogen and oxygen atoms in total. The Hall–Kier alpha value is -1.91. The molecule has 2 aromatic rings. The van der Waals surface area contributed by atoms with Crippen molar-refractivity contribution in [1.82, 2.24) is 4.98 Å². The van der Waals surface area contributed by atoms with Crippen LogP contribution >= 0.6 is 0 Å². The van der Waals surface area contributed by atoms with Crippen LogP contribution in [0.15, 0.2) is 18.2 Å². The number of fused-ring (bicyclic) bond motifs is 1. The number of rotatable bonds is 1. The van der Waals surface area contributed by atoms with Gasteiger partial charge in [0.1, 0.15) is 0 Å². The molecule has 1 aromatic carbocycles. The molecule has 1 N–H and O–H groups in total. The molecule has 0 saturated heterocycles. The fourth-order valence-electron chi connectivity index (χ4n) is 1.69. The Balaban J connectivity index is 2.69. The van der Waals surface area contributed by atoms with E-state index in [4.69, 9.17) is 0 Å². The molecule has 5 heteroatoms. The zero-order chi connectivity index (χ0) is 12.8. The van der Waals surface area contributed by atoms with Gasteiger partial charge in [-0.2, -0.15) is 0 Å². The van der Waals surface area contributed by atoms with Crippen molar-refractivity contribution < 1.29 is 9.31 Å². The van der Waals surface area contributed by atoms with Crippen molar-refractivity contribution in [3.63, 3.8) is 0 Å². The van der Waals surface area contributed by atoms with E-state index in [0.29, 0.717) is 10.9 Å². The number of hydrogen-bond acceptors (Lipinski definition) is 2. The minimum absolute atomic E-state index is 0.153. The second kappa shape index (κ2) is 3.55. The number of hydrogen-bond donors (Lipinski definition) is 1. The van der Waals surface area contributed by atoms with E-state index < -0.39 is 10.7 Å². The van der Waals surface area contributed by atoms with Gasteiger partial charge < -0.3 is 4.98 Å². The molecule has 0 saturated carbocycles. The lowest BCUT2D eigenvalue weighted by Gasteiger charge is -2.15. The van der Waals surface area contributed by atoms with Gasteiger partial charge in [-0.1, -0.05) is 20.8 Å². The predicted octanol–water partition coefficient (Wildman–Crippen LogP) is 3.51. The number of halogens is 1. The maximum atomic E-state index is 13.7. The maximum Gasteiger partial charge on any atom is 0.273 e. The molecular formula is C12H13FN2O2. The first-order chi connectivity index (χ1) is 7.79. The monoisotopic (exact) mass is 236 g/mol. The van der Waals surface area contributed by atoms with E-state index in [1.54, 1.807) is 6.07 Å². The van der Waals surface area contributed by atoms with Crippen molar-refractivity contribution in [2.24, 2.45) is 0 Å². The molecular weight excluding hydrogens is 223 g/mol. The molecule has 0 amide bonds. The minimum atomic E-state index is -0.593. The largest absolute Gasteiger partial charge is 0.356 e. The van der Waals surface area contributed by atoms with Crippen molar-refractivity contribution in [3.8, 4) is 0 Å². The van der Waals surface area contributed by atoms with E-state index in [1.165, 1.54) is 6.07 Å². The van der Waals surface area contributed by atoms with Crippen molar-refractivity contribution >= 4 is 16.6 Å². The molecule has 0 aliphatic rings. The van der Waals surface area contributed by atoms with Gasteiger partial charge in [0.2, 0.25) is 0 Å². The molecule has 0 bridgehead atoms. The predicted molar refractivity (Wildman–Crippen MR) is 63.6 cm³/mol. The Labute approximate surface area is 97.6 Å². The number of nitrogens with one attached hydrogen (secondary N) is 1. The number of aromatic amines is 1. The molecule has 0 atom stereocenters. The highest BCUT2D eigenvalue weighted by Crippen LogP contribution is 2.29. The molecule has 0 radical (unpaired) electrons. The third-order valence-corrected chi connectivity index (χ3v) is 2.68. The summed E-state index contributed by atoms with van der Waals surface area (Å²) in [5.41, 5.74) is 0.794. The van der Waals surface area contributed by atoms with Crippen LogP contribution in [0.25, 0.3) is 10.9 Å². The van der Waals surface area contributed by atoms with E-state index in [1.807, 2.05) is 20.8 Å². The zero-order valence-electron chi connectivity index (χ0n) is 9.87. The van der Waals surface area contributed by atoms with Gasteiger partial charge in [-0.25, -0.2) is 4.39 Å². The number of H-pyrrole nitrogens is 1. The minimum Gasteiger partial charge on any atom is -0.356 e. The van der Waals surface area contributed by atoms with Gasteiger partial charge in [0.15, 0.2) is 5.82 Å². The second-order valence-corrected chi connectivity index (χ2v) is 5.08. The van der Waals surface area contributed by atoms with Crippen LogP contribution in [0.2, 0.25) is 0 Å². The molecule has 2 rings (SSSR count). The molecule has 1 heterocycles. The third kappa shape index (κ3) is 2.00. The highest BCUT2D eigenvalue weighted by Gasteiger charge is 2.19. The molecule has 1 aromatic heterocycles. The van der Waals surface area contributed by atoms with Crippen molar-refractivity contribution in [3.05, 3.63) is 39.8 Å². The molecule has 0 spiro atoms. The van der Waals surface area contributed by atoms with Crippen LogP contribution in [0.3, 0.4) is 0 Å². The van der Waals surface area contributed by atoms with Crippen LogP contribution in [0.1, 0.15) is 26.5 Å². The molecule has 0 aliphatic heterocycles. The van der Waals surface area contributed by atoms with Crippen LogP contribution in [0.5, 0.6) is 0 Å². The van der Waals surface area contributed by atoms with E-state index in [2.05, 4.69) is 4.98 Å². The topological polar surface area (TPSA) is 58.9 Å². The quantitative estimate of drug-likeness (QED) is 0.608. The van der Waals surface area contributed by atoms with Gasteiger partial charge in [0.05, 0.1) is 16.5 Å². The molecule has 0 unspecified atom stereocenters. The number of nitro benzene ring substituents is 1. The summed E-state index contributed by atoms with van der Waals surface area (Å²) in [6.07, 6.45) is 0. The van der Waals surface area contributed by atoms with Gasteiger partial charge in [0, 0.05) is 22.6 Å². The summed E-state index contributed by atoms with van der Waals surface area (Å²) in [6, 6.07) is 4.07. The summed E-state index contributed by atoms with van der Waals surface area (Å²) in [7, 11) is 0. The summed E-state index contributed by atoms with van der Waals surface area (Å²) in [6.45, 7) is 5.97. The lowest BCUT2D eigenvalue weighted by molar-refractivity contribution is -0.384. The zero-order valence-corrected chi connectivity index (χ0v) is 9.87. The fraction of sp³-hybridized carbons (Fsp3) is 0.333. The van der Waals surface area contributed by atoms with Crippen molar-refractivity contribution in [1.29, 1.82) is 0 Å². The smallest absolute Gasteiger partial charge is 0.273 e. The molecule has 0 fully saturated rings. The van der Waals surface area contributed by atoms with E-state index in [0.717, 1.165) is 11.8 Å². The van der Waals surface area contributed by atoms with Crippen LogP contribution in [0, 0.1) is 15.9 Å². The highest BCUT2D eigenvalue weighted by molar-refractivity contribution is 5.83. The summed E-state index contributed by atoms with van der Waals surface area (Å²) >= 11 is 0. The Morgan fingerprint density at radius 3 is 2.47 bits per heavy atom. The number of non-ortho nitro benzene ring substituents is 1. The van der Waals surface area contributed by atoms with E-state index in [-0.39, 0.29) is 11.1 Å². The fourth-order valence-corrected chi connectivity index (χ4v) is 1.69. The standard InChI is InChI=1S/C12H13FN2O2/c1-12(2,3)10-5-7-4-8(15(16)17)6-9(13)11(7)14-10/h4-6,14H,1-3H3. The van der Waals surface area contributed by atoms with Gasteiger partial charge >= 0.3 is 0 Å². The number of nitro groups is 1. The Kier molecular flexibility index (Phi) is 2.41. The summed E-state index contributed by atoms with van der Waals surface area (Å²) in [5.74, 6) is -0.593. The first-order valence-electron chi connectivity index (χ1n) is 5.26. The lowest BCUT2D eigenvalue weighted by Crippen LogP contribution is -2.11. The van der Waals surface area contributed by atoms with E-state index >= 15 is 0 Å². The Morgan fingerprint density at radius 2 is 1.94 bits per heavy atom. The average Bonchev–Trinajstić information content (AvgIpc) is 2.60. The lowest BCUT2D eigenvalue weighted by atomic mass is 9.92. The average molecular weight is 236 g/mol. The SMILES string of the molecule is CC(C)(C)c1cc2cc([N+](=O)[O-])cc(F)c2[nH]1. The van der Waals surface area contributed by atoms with E-state index in [9.17, 15) is 14.5 Å². The van der Waals surface area contributed by atoms with Crippen molar-refractivity contribution in [2.75, 3.05) is 0 Å². The number of nitrogens with zero attached hydrogens (tertiary/aromatic N) is 1. The highest BCUT2D eigenvalue weighted by atomic mass is 19.1. The van der Waals surface area contributed by atoms with Crippen LogP contribution in [-0.4, -0.2) is 9.91 Å². The molecule has 0 aliphatic carbocycles. The van der Waals surface area contributed by atoms with Crippen LogP contribution in [-0.2, 0) is 5.41 Å². The number of aromatic nitrogens is 1. The van der Waals surface area contributed by atoms with Crippen LogP contribution in [0.4, 0.5) is 10.1 Å². The first-order valence-corrected chi connectivity index (χ1v) is 5.26. The summed E-state index contributed by atoms with van der Waals surface area (Å²) in [5, 5.41) is 11.2. The first kappa shape index (κ1) is 11.6. The summed E-state index contributed by atoms with van der Waals surface area (Å²) < 4.78 is 13.7. The van der Waals surface area contributed by atoms with Crippen LogP contribution < -0.4 is 0 Å². The van der Waals surface area contributed by atoms with Gasteiger partial charge in [-0.05, 0) is 6.07 Å². The van der Waals surface area contributed by atoms with Gasteiger partial charge in [-0.15, -0.1) is 0 Å². The maximum absolute atomic E-state index is 13.7. The Morgan fingerprint density at radius 1 is 1.29 bits per heavy atom. The van der Waals surface area contributed by atoms with Gasteiger partial charge in [0.25, 0.3) is 5.69 Å². The Bertz CT molecular complexity index is 596. The number of benzene rings is 1. The third-order valence-electron chi connectivity index (χ3n) is 2.68. The molecule has 17 heavy (non-hydrogen) atoms. The summed E-state index contributed by atoms with van der Waals surface area (Å²) in [4.78, 5) is 13.0. The van der Waals surface area contributed by atoms with Gasteiger partial charge in [-0.3, -0.25) is 10.1 Å². The molecule has 90 valence electrons.